The average Bonchev–Trinajstić information content (AvgIpc) is 3.32. The van der Waals surface area contributed by atoms with Crippen molar-refractivity contribution in [2.75, 3.05) is 18.4 Å². The summed E-state index contributed by atoms with van der Waals surface area (Å²) in [5, 5.41) is 5.45. The summed E-state index contributed by atoms with van der Waals surface area (Å²) in [5.74, 6) is -0.569. The van der Waals surface area contributed by atoms with Gasteiger partial charge in [0, 0.05) is 24.0 Å². The fourth-order valence-corrected chi connectivity index (χ4v) is 7.04. The highest BCUT2D eigenvalue weighted by Crippen LogP contribution is 2.30. The molecule has 3 aromatic rings. The molecule has 6 nitrogen and oxygen atoms in total. The molecule has 0 bridgehead atoms. The first kappa shape index (κ1) is 23.2. The third-order valence-corrected chi connectivity index (χ3v) is 9.43. The molecule has 2 aromatic carbocycles. The van der Waals surface area contributed by atoms with Crippen molar-refractivity contribution < 1.29 is 13.2 Å². The summed E-state index contributed by atoms with van der Waals surface area (Å²) in [6.07, 6.45) is 6.06. The van der Waals surface area contributed by atoms with E-state index >= 15 is 0 Å². The maximum Gasteiger partial charge on any atom is 0.243 e. The number of hydrogen-bond donors (Lipinski definition) is 1. The Kier molecular flexibility index (Phi) is 6.55. The van der Waals surface area contributed by atoms with Crippen molar-refractivity contribution in [3.05, 3.63) is 64.5 Å². The van der Waals surface area contributed by atoms with Gasteiger partial charge in [-0.25, -0.2) is 13.4 Å². The smallest absolute Gasteiger partial charge is 0.243 e. The van der Waals surface area contributed by atoms with E-state index in [0.717, 1.165) is 29.7 Å². The number of rotatable bonds is 5. The number of sulfonamides is 1. The van der Waals surface area contributed by atoms with E-state index in [4.69, 9.17) is 0 Å². The molecule has 1 amide bonds. The Bertz CT molecular complexity index is 1300. The van der Waals surface area contributed by atoms with E-state index in [1.807, 2.05) is 12.3 Å². The van der Waals surface area contributed by atoms with Crippen LogP contribution >= 0.6 is 11.3 Å². The van der Waals surface area contributed by atoms with Crippen molar-refractivity contribution in [1.29, 1.82) is 0 Å². The van der Waals surface area contributed by atoms with Crippen LogP contribution in [0.15, 0.2) is 52.7 Å². The van der Waals surface area contributed by atoms with E-state index in [1.165, 1.54) is 39.6 Å². The minimum Gasteiger partial charge on any atom is -0.302 e. The van der Waals surface area contributed by atoms with Crippen LogP contribution in [-0.2, 0) is 27.7 Å². The first-order chi connectivity index (χ1) is 16.4. The highest BCUT2D eigenvalue weighted by Gasteiger charge is 2.33. The molecule has 1 aliphatic heterocycles. The average molecular weight is 496 g/mol. The van der Waals surface area contributed by atoms with Crippen LogP contribution in [0.3, 0.4) is 0 Å². The van der Waals surface area contributed by atoms with Crippen LogP contribution in [0.5, 0.6) is 0 Å². The van der Waals surface area contributed by atoms with Gasteiger partial charge in [-0.1, -0.05) is 29.8 Å². The monoisotopic (exact) mass is 495 g/mol. The molecule has 5 rings (SSSR count). The summed E-state index contributed by atoms with van der Waals surface area (Å²) in [4.78, 5) is 17.9. The summed E-state index contributed by atoms with van der Waals surface area (Å²) in [7, 11) is -3.62. The molecule has 8 heteroatoms. The number of aromatic nitrogens is 1. The number of carbonyl (C=O) groups is 1. The van der Waals surface area contributed by atoms with Crippen LogP contribution in [0.2, 0.25) is 0 Å². The first-order valence-corrected chi connectivity index (χ1v) is 14.2. The largest absolute Gasteiger partial charge is 0.302 e. The van der Waals surface area contributed by atoms with Crippen molar-refractivity contribution in [2.45, 2.75) is 50.3 Å². The van der Waals surface area contributed by atoms with E-state index < -0.39 is 15.9 Å². The van der Waals surface area contributed by atoms with E-state index in [-0.39, 0.29) is 17.3 Å². The van der Waals surface area contributed by atoms with Gasteiger partial charge in [0.25, 0.3) is 0 Å². The lowest BCUT2D eigenvalue weighted by Crippen LogP contribution is -2.43. The molecular weight excluding hydrogens is 466 g/mol. The fourth-order valence-electron chi connectivity index (χ4n) is 4.80. The number of thiazole rings is 1. The quantitative estimate of drug-likeness (QED) is 0.538. The summed E-state index contributed by atoms with van der Waals surface area (Å²) in [6.45, 7) is 2.54. The molecular formula is C26H29N3O3S2. The summed E-state index contributed by atoms with van der Waals surface area (Å²) >= 11 is 1.40. The Balaban J connectivity index is 1.26. The molecule has 2 heterocycles. The SMILES string of the molecule is Cc1ccc(S(=O)(=O)N2CCCC(C(=O)Nc3nc(-c4ccc5c(c4)CCCC5)cs3)C2)cc1. The molecule has 34 heavy (non-hydrogen) atoms. The van der Waals surface area contributed by atoms with Gasteiger partial charge in [-0.2, -0.15) is 4.31 Å². The molecule has 178 valence electrons. The molecule has 1 atom stereocenters. The molecule has 0 saturated carbocycles. The number of fused-ring (bicyclic) bond motifs is 1. The summed E-state index contributed by atoms with van der Waals surface area (Å²) < 4.78 is 27.6. The third-order valence-electron chi connectivity index (χ3n) is 6.79. The van der Waals surface area contributed by atoms with Crippen molar-refractivity contribution in [1.82, 2.24) is 9.29 Å². The number of anilines is 1. The second kappa shape index (κ2) is 9.60. The van der Waals surface area contributed by atoms with Crippen molar-refractivity contribution in [2.24, 2.45) is 5.92 Å². The number of carbonyl (C=O) groups excluding carboxylic acids is 1. The maximum absolute atomic E-state index is 13.1. The minimum absolute atomic E-state index is 0.171. The lowest BCUT2D eigenvalue weighted by molar-refractivity contribution is -0.120. The Morgan fingerprint density at radius 3 is 2.62 bits per heavy atom. The van der Waals surface area contributed by atoms with Crippen molar-refractivity contribution in [3.63, 3.8) is 0 Å². The molecule has 0 radical (unpaired) electrons. The third kappa shape index (κ3) is 4.80. The summed E-state index contributed by atoms with van der Waals surface area (Å²) in [5.41, 5.74) is 5.78. The van der Waals surface area contributed by atoms with Gasteiger partial charge < -0.3 is 5.32 Å². The molecule has 1 aliphatic carbocycles. The van der Waals surface area contributed by atoms with E-state index in [0.29, 0.717) is 24.5 Å². The molecule has 0 spiro atoms. The van der Waals surface area contributed by atoms with E-state index in [2.05, 4.69) is 28.5 Å². The van der Waals surface area contributed by atoms with Gasteiger partial charge in [0.15, 0.2) is 5.13 Å². The molecule has 1 aromatic heterocycles. The second-order valence-corrected chi connectivity index (χ2v) is 12.0. The molecule has 1 unspecified atom stereocenters. The predicted molar refractivity (Wildman–Crippen MR) is 135 cm³/mol. The number of benzene rings is 2. The zero-order chi connectivity index (χ0) is 23.7. The van der Waals surface area contributed by atoms with Gasteiger partial charge in [-0.15, -0.1) is 11.3 Å². The first-order valence-electron chi connectivity index (χ1n) is 11.9. The predicted octanol–water partition coefficient (Wildman–Crippen LogP) is 5.04. The minimum atomic E-state index is -3.62. The van der Waals surface area contributed by atoms with Gasteiger partial charge >= 0.3 is 0 Å². The zero-order valence-corrected chi connectivity index (χ0v) is 20.9. The van der Waals surface area contributed by atoms with Gasteiger partial charge in [-0.3, -0.25) is 4.79 Å². The number of amides is 1. The maximum atomic E-state index is 13.1. The molecule has 1 N–H and O–H groups in total. The van der Waals surface area contributed by atoms with Gasteiger partial charge in [0.2, 0.25) is 15.9 Å². The highest BCUT2D eigenvalue weighted by molar-refractivity contribution is 7.89. The zero-order valence-electron chi connectivity index (χ0n) is 19.3. The molecule has 2 aliphatic rings. The van der Waals surface area contributed by atoms with Gasteiger partial charge in [-0.05, 0) is 74.8 Å². The van der Waals surface area contributed by atoms with Crippen LogP contribution < -0.4 is 5.32 Å². The number of hydrogen-bond acceptors (Lipinski definition) is 5. The van der Waals surface area contributed by atoms with Crippen molar-refractivity contribution >= 4 is 32.4 Å². The lowest BCUT2D eigenvalue weighted by Gasteiger charge is -2.31. The number of aryl methyl sites for hydroxylation is 3. The lowest BCUT2D eigenvalue weighted by atomic mass is 9.90. The second-order valence-electron chi connectivity index (χ2n) is 9.23. The Labute approximate surface area is 205 Å². The van der Waals surface area contributed by atoms with Crippen molar-refractivity contribution in [3.8, 4) is 11.3 Å². The van der Waals surface area contributed by atoms with E-state index in [9.17, 15) is 13.2 Å². The number of piperidine rings is 1. The van der Waals surface area contributed by atoms with Gasteiger partial charge in [0.1, 0.15) is 0 Å². The Hall–Kier alpha value is -2.55. The molecule has 1 fully saturated rings. The fraction of sp³-hybridized carbons (Fsp3) is 0.385. The van der Waals surface area contributed by atoms with Crippen LogP contribution in [0.1, 0.15) is 42.4 Å². The van der Waals surface area contributed by atoms with Crippen LogP contribution in [0.4, 0.5) is 5.13 Å². The molecule has 1 saturated heterocycles. The topological polar surface area (TPSA) is 79.4 Å². The number of nitrogens with zero attached hydrogens (tertiary/aromatic N) is 2. The standard InChI is InChI=1S/C26H29N3O3S2/c1-18-8-12-23(13-9-18)34(31,32)29-14-4-7-22(16-29)25(30)28-26-27-24(17-33-26)21-11-10-19-5-2-3-6-20(19)15-21/h8-13,15,17,22H,2-7,14,16H2,1H3,(H,27,28,30). The number of nitrogens with one attached hydrogen (secondary N) is 1. The van der Waals surface area contributed by atoms with Crippen LogP contribution in [0.25, 0.3) is 11.3 Å². The highest BCUT2D eigenvalue weighted by atomic mass is 32.2. The Morgan fingerprint density at radius 2 is 1.82 bits per heavy atom. The summed E-state index contributed by atoms with van der Waals surface area (Å²) in [6, 6.07) is 13.4. The van der Waals surface area contributed by atoms with E-state index in [1.54, 1.807) is 24.3 Å². The van der Waals surface area contributed by atoms with Crippen LogP contribution in [0, 0.1) is 12.8 Å². The Morgan fingerprint density at radius 1 is 1.06 bits per heavy atom. The normalized spacial score (nSPS) is 18.9. The van der Waals surface area contributed by atoms with Crippen LogP contribution in [-0.4, -0.2) is 36.7 Å². The van der Waals surface area contributed by atoms with Gasteiger partial charge in [0.05, 0.1) is 16.5 Å².